The van der Waals surface area contributed by atoms with Gasteiger partial charge in [-0.1, -0.05) is 0 Å². The van der Waals surface area contributed by atoms with Gasteiger partial charge in [0.25, 0.3) is 0 Å². The summed E-state index contributed by atoms with van der Waals surface area (Å²) in [6.45, 7) is 0.692. The van der Waals surface area contributed by atoms with Gasteiger partial charge in [0.15, 0.2) is 15.8 Å². The first-order valence-electron chi connectivity index (χ1n) is 7.23. The highest BCUT2D eigenvalue weighted by molar-refractivity contribution is 14.0. The molecule has 8 heteroatoms. The molecule has 124 valence electrons. The van der Waals surface area contributed by atoms with Gasteiger partial charge in [-0.25, -0.2) is 8.42 Å². The van der Waals surface area contributed by atoms with Gasteiger partial charge in [0.05, 0.1) is 11.5 Å². The molecule has 21 heavy (non-hydrogen) atoms. The highest BCUT2D eigenvalue weighted by Gasteiger charge is 2.28. The van der Waals surface area contributed by atoms with E-state index in [1.54, 1.807) is 7.05 Å². The molecule has 2 rings (SSSR count). The van der Waals surface area contributed by atoms with Crippen molar-refractivity contribution in [3.8, 4) is 0 Å². The van der Waals surface area contributed by atoms with Crippen LogP contribution in [0.4, 0.5) is 0 Å². The summed E-state index contributed by atoms with van der Waals surface area (Å²) in [6, 6.07) is 0.492. The number of thioether (sulfide) groups is 1. The molecule has 2 aliphatic rings. The number of halogens is 1. The molecule has 0 aromatic rings. The van der Waals surface area contributed by atoms with E-state index >= 15 is 0 Å². The van der Waals surface area contributed by atoms with Crippen LogP contribution in [0.1, 0.15) is 25.7 Å². The third-order valence-corrected chi connectivity index (χ3v) is 7.10. The van der Waals surface area contributed by atoms with Crippen LogP contribution in [-0.2, 0) is 9.84 Å². The van der Waals surface area contributed by atoms with E-state index in [1.807, 2.05) is 11.8 Å². The molecule has 3 unspecified atom stereocenters. The average Bonchev–Trinajstić information content (AvgIpc) is 3.00. The van der Waals surface area contributed by atoms with E-state index in [-0.39, 0.29) is 29.9 Å². The van der Waals surface area contributed by atoms with Crippen molar-refractivity contribution in [2.75, 3.05) is 31.4 Å². The molecular formula is C13H26IN3O2S2. The molecule has 2 fully saturated rings. The summed E-state index contributed by atoms with van der Waals surface area (Å²) in [6.07, 6.45) is 6.56. The first kappa shape index (κ1) is 19.3. The van der Waals surface area contributed by atoms with Crippen LogP contribution in [0.5, 0.6) is 0 Å². The second-order valence-electron chi connectivity index (χ2n) is 5.73. The molecule has 0 bridgehead atoms. The fraction of sp³-hybridized carbons (Fsp3) is 0.923. The number of hydrogen-bond acceptors (Lipinski definition) is 4. The summed E-state index contributed by atoms with van der Waals surface area (Å²) < 4.78 is 22.9. The van der Waals surface area contributed by atoms with E-state index in [4.69, 9.17) is 0 Å². The minimum Gasteiger partial charge on any atom is -0.356 e. The van der Waals surface area contributed by atoms with Gasteiger partial charge in [0, 0.05) is 24.9 Å². The molecule has 2 N–H and O–H groups in total. The van der Waals surface area contributed by atoms with E-state index < -0.39 is 9.84 Å². The minimum absolute atomic E-state index is 0. The number of nitrogens with one attached hydrogen (secondary N) is 2. The summed E-state index contributed by atoms with van der Waals surface area (Å²) in [4.78, 5) is 4.24. The van der Waals surface area contributed by atoms with E-state index in [0.29, 0.717) is 24.1 Å². The SMILES string of the molecule is CN=C(NCC1CCS(=O)(=O)C1)NC1CCC(SC)C1.I. The fourth-order valence-corrected chi connectivity index (χ4v) is 5.61. The van der Waals surface area contributed by atoms with Crippen LogP contribution < -0.4 is 10.6 Å². The summed E-state index contributed by atoms with van der Waals surface area (Å²) in [5.41, 5.74) is 0. The van der Waals surface area contributed by atoms with Gasteiger partial charge in [0.1, 0.15) is 0 Å². The lowest BCUT2D eigenvalue weighted by atomic mass is 10.1. The van der Waals surface area contributed by atoms with Crippen molar-refractivity contribution in [1.82, 2.24) is 10.6 Å². The van der Waals surface area contributed by atoms with Crippen molar-refractivity contribution >= 4 is 51.5 Å². The fourth-order valence-electron chi connectivity index (χ4n) is 2.95. The van der Waals surface area contributed by atoms with Gasteiger partial charge < -0.3 is 10.6 Å². The number of nitrogens with zero attached hydrogens (tertiary/aromatic N) is 1. The number of rotatable bonds is 4. The van der Waals surface area contributed by atoms with Crippen LogP contribution in [0.25, 0.3) is 0 Å². The second kappa shape index (κ2) is 8.81. The monoisotopic (exact) mass is 447 g/mol. The number of guanidine groups is 1. The number of sulfone groups is 1. The molecule has 0 radical (unpaired) electrons. The number of hydrogen-bond donors (Lipinski definition) is 2. The summed E-state index contributed by atoms with van der Waals surface area (Å²) in [7, 11) is -1.02. The van der Waals surface area contributed by atoms with Gasteiger partial charge in [-0.3, -0.25) is 4.99 Å². The van der Waals surface area contributed by atoms with Gasteiger partial charge in [-0.05, 0) is 37.9 Å². The normalized spacial score (nSPS) is 31.7. The molecule has 1 heterocycles. The minimum atomic E-state index is -2.79. The molecule has 0 aromatic carbocycles. The lowest BCUT2D eigenvalue weighted by molar-refractivity contribution is 0.555. The van der Waals surface area contributed by atoms with Crippen LogP contribution in [0.2, 0.25) is 0 Å². The molecule has 5 nitrogen and oxygen atoms in total. The molecule has 1 aliphatic carbocycles. The van der Waals surface area contributed by atoms with Crippen molar-refractivity contribution in [3.05, 3.63) is 0 Å². The first-order valence-corrected chi connectivity index (χ1v) is 10.3. The van der Waals surface area contributed by atoms with Gasteiger partial charge in [0.2, 0.25) is 0 Å². The third kappa shape index (κ3) is 6.13. The second-order valence-corrected chi connectivity index (χ2v) is 9.10. The summed E-state index contributed by atoms with van der Waals surface area (Å²) in [5.74, 6) is 1.68. The van der Waals surface area contributed by atoms with Crippen molar-refractivity contribution < 1.29 is 8.42 Å². The predicted molar refractivity (Wildman–Crippen MR) is 102 cm³/mol. The Labute approximate surface area is 149 Å². The molecular weight excluding hydrogens is 421 g/mol. The van der Waals surface area contributed by atoms with E-state index in [9.17, 15) is 8.42 Å². The molecule has 0 aromatic heterocycles. The van der Waals surface area contributed by atoms with Crippen molar-refractivity contribution in [3.63, 3.8) is 0 Å². The van der Waals surface area contributed by atoms with E-state index in [2.05, 4.69) is 21.9 Å². The third-order valence-electron chi connectivity index (χ3n) is 4.17. The predicted octanol–water partition coefficient (Wildman–Crippen LogP) is 1.49. The molecule has 0 amide bonds. The molecule has 3 atom stereocenters. The van der Waals surface area contributed by atoms with Crippen LogP contribution in [0.3, 0.4) is 0 Å². The Balaban J connectivity index is 0.00000220. The highest BCUT2D eigenvalue weighted by atomic mass is 127. The Morgan fingerprint density at radius 2 is 2.10 bits per heavy atom. The van der Waals surface area contributed by atoms with Crippen LogP contribution in [0.15, 0.2) is 4.99 Å². The Morgan fingerprint density at radius 3 is 2.62 bits per heavy atom. The maximum Gasteiger partial charge on any atom is 0.191 e. The topological polar surface area (TPSA) is 70.6 Å². The summed E-state index contributed by atoms with van der Waals surface area (Å²) in [5, 5.41) is 7.48. The first-order chi connectivity index (χ1) is 9.52. The van der Waals surface area contributed by atoms with Crippen molar-refractivity contribution in [2.45, 2.75) is 37.0 Å². The van der Waals surface area contributed by atoms with Gasteiger partial charge >= 0.3 is 0 Å². The van der Waals surface area contributed by atoms with Crippen LogP contribution >= 0.6 is 35.7 Å². The maximum absolute atomic E-state index is 11.4. The summed E-state index contributed by atoms with van der Waals surface area (Å²) >= 11 is 1.94. The Bertz CT molecular complexity index is 456. The molecule has 0 spiro atoms. The van der Waals surface area contributed by atoms with Crippen LogP contribution in [-0.4, -0.2) is 57.0 Å². The van der Waals surface area contributed by atoms with Crippen molar-refractivity contribution in [1.29, 1.82) is 0 Å². The zero-order valence-electron chi connectivity index (χ0n) is 12.7. The zero-order valence-corrected chi connectivity index (χ0v) is 16.6. The van der Waals surface area contributed by atoms with Crippen LogP contribution in [0, 0.1) is 5.92 Å². The Hall–Kier alpha value is 0.300. The quantitative estimate of drug-likeness (QED) is 0.388. The Morgan fingerprint density at radius 1 is 1.33 bits per heavy atom. The molecule has 1 saturated carbocycles. The lowest BCUT2D eigenvalue weighted by Gasteiger charge is -2.18. The smallest absolute Gasteiger partial charge is 0.191 e. The largest absolute Gasteiger partial charge is 0.356 e. The van der Waals surface area contributed by atoms with E-state index in [0.717, 1.165) is 17.6 Å². The van der Waals surface area contributed by atoms with Gasteiger partial charge in [-0.2, -0.15) is 11.8 Å². The van der Waals surface area contributed by atoms with Gasteiger partial charge in [-0.15, -0.1) is 24.0 Å². The lowest BCUT2D eigenvalue weighted by Crippen LogP contribution is -2.44. The molecule has 1 aliphatic heterocycles. The zero-order chi connectivity index (χ0) is 14.6. The molecule has 1 saturated heterocycles. The van der Waals surface area contributed by atoms with Crippen molar-refractivity contribution in [2.24, 2.45) is 10.9 Å². The maximum atomic E-state index is 11.4. The highest BCUT2D eigenvalue weighted by Crippen LogP contribution is 2.28. The van der Waals surface area contributed by atoms with E-state index in [1.165, 1.54) is 19.3 Å². The Kier molecular flexibility index (Phi) is 8.11. The standard InChI is InChI=1S/C13H25N3O2S2.HI/c1-14-13(16-11-3-4-12(7-11)19-2)15-8-10-5-6-20(17,18)9-10;/h10-12H,3-9H2,1-2H3,(H2,14,15,16);1H. The number of aliphatic imine (C=N–C) groups is 1. The average molecular weight is 447 g/mol.